The van der Waals surface area contributed by atoms with E-state index in [9.17, 15) is 14.4 Å². The number of ether oxygens (including phenoxy) is 1. The maximum Gasteiger partial charge on any atom is 0.329 e. The molecule has 42 heavy (non-hydrogen) atoms. The van der Waals surface area contributed by atoms with E-state index in [0.29, 0.717) is 6.42 Å². The molecule has 0 aliphatic carbocycles. The predicted molar refractivity (Wildman–Crippen MR) is 163 cm³/mol. The largest absolute Gasteiger partial charge is 0.459 e. The van der Waals surface area contributed by atoms with E-state index in [-0.39, 0.29) is 25.5 Å². The van der Waals surface area contributed by atoms with Gasteiger partial charge in [0, 0.05) is 6.42 Å². The van der Waals surface area contributed by atoms with Crippen molar-refractivity contribution in [2.24, 2.45) is 5.73 Å². The Labute approximate surface area is 247 Å². The molecule has 0 aromatic heterocycles. The highest BCUT2D eigenvalue weighted by molar-refractivity contribution is 5.90. The number of carbonyl (C=O) groups excluding carboxylic acids is 3. The molecule has 4 rings (SSSR count). The van der Waals surface area contributed by atoms with Gasteiger partial charge in [-0.3, -0.25) is 9.59 Å². The van der Waals surface area contributed by atoms with Crippen LogP contribution in [-0.2, 0) is 38.6 Å². The van der Waals surface area contributed by atoms with E-state index >= 15 is 0 Å². The number of nitrogens with one attached hydrogen (secondary N) is 1. The molecule has 2 amide bonds. The summed E-state index contributed by atoms with van der Waals surface area (Å²) in [6.45, 7) is 1.69. The maximum atomic E-state index is 13.7. The SMILES string of the molecule is C[C@@H](c1ccccc1)N(CC(=O)N[C@@H](Cc1ccccc1)C(=O)OCc1ccccc1)C(=O)[C@@H](N)Cc1ccccc1. The molecular formula is C35H37N3O4. The second-order valence-corrected chi connectivity index (χ2v) is 10.3. The molecule has 0 bridgehead atoms. The van der Waals surface area contributed by atoms with E-state index < -0.39 is 30.0 Å². The zero-order chi connectivity index (χ0) is 29.7. The van der Waals surface area contributed by atoms with Gasteiger partial charge in [-0.2, -0.15) is 0 Å². The average Bonchev–Trinajstić information content (AvgIpc) is 3.03. The summed E-state index contributed by atoms with van der Waals surface area (Å²) in [5.41, 5.74) is 9.90. The number of nitrogens with zero attached hydrogens (tertiary/aromatic N) is 1. The topological polar surface area (TPSA) is 102 Å². The summed E-state index contributed by atoms with van der Waals surface area (Å²) < 4.78 is 5.58. The van der Waals surface area contributed by atoms with Crippen molar-refractivity contribution < 1.29 is 19.1 Å². The van der Waals surface area contributed by atoms with Gasteiger partial charge in [0.2, 0.25) is 11.8 Å². The van der Waals surface area contributed by atoms with Crippen molar-refractivity contribution in [1.82, 2.24) is 10.2 Å². The molecule has 0 saturated carbocycles. The highest BCUT2D eigenvalue weighted by Crippen LogP contribution is 2.21. The van der Waals surface area contributed by atoms with Gasteiger partial charge in [-0.15, -0.1) is 0 Å². The Bertz CT molecular complexity index is 1420. The van der Waals surface area contributed by atoms with Crippen LogP contribution in [0.15, 0.2) is 121 Å². The Balaban J connectivity index is 1.51. The minimum Gasteiger partial charge on any atom is -0.459 e. The van der Waals surface area contributed by atoms with Crippen LogP contribution in [0.1, 0.15) is 35.2 Å². The molecule has 0 aliphatic heterocycles. The minimum atomic E-state index is -0.939. The van der Waals surface area contributed by atoms with Gasteiger partial charge >= 0.3 is 5.97 Å². The number of amides is 2. The van der Waals surface area contributed by atoms with E-state index in [1.54, 1.807) is 0 Å². The van der Waals surface area contributed by atoms with Crippen LogP contribution in [0, 0.1) is 0 Å². The fraction of sp³-hybridized carbons (Fsp3) is 0.229. The van der Waals surface area contributed by atoms with Crippen molar-refractivity contribution in [3.05, 3.63) is 144 Å². The molecule has 0 fully saturated rings. The molecule has 7 heteroatoms. The first kappa shape index (κ1) is 30.2. The third-order valence-electron chi connectivity index (χ3n) is 7.09. The Hall–Kier alpha value is -4.75. The van der Waals surface area contributed by atoms with E-state index in [2.05, 4.69) is 5.32 Å². The quantitative estimate of drug-likeness (QED) is 0.231. The lowest BCUT2D eigenvalue weighted by Gasteiger charge is -2.32. The second-order valence-electron chi connectivity index (χ2n) is 10.3. The van der Waals surface area contributed by atoms with Crippen LogP contribution in [0.2, 0.25) is 0 Å². The van der Waals surface area contributed by atoms with Gasteiger partial charge in [0.05, 0.1) is 12.1 Å². The summed E-state index contributed by atoms with van der Waals surface area (Å²) in [5.74, 6) is -1.38. The summed E-state index contributed by atoms with van der Waals surface area (Å²) >= 11 is 0. The molecule has 4 aromatic carbocycles. The van der Waals surface area contributed by atoms with E-state index in [4.69, 9.17) is 10.5 Å². The summed E-state index contributed by atoms with van der Waals surface area (Å²) in [5, 5.41) is 2.83. The van der Waals surface area contributed by atoms with Crippen LogP contribution >= 0.6 is 0 Å². The number of esters is 1. The molecule has 4 aromatic rings. The number of hydrogen-bond donors (Lipinski definition) is 2. The van der Waals surface area contributed by atoms with Crippen molar-refractivity contribution in [2.45, 2.75) is 44.5 Å². The monoisotopic (exact) mass is 563 g/mol. The Kier molecular flexibility index (Phi) is 11.0. The van der Waals surface area contributed by atoms with E-state index in [0.717, 1.165) is 22.3 Å². The van der Waals surface area contributed by atoms with Crippen LogP contribution < -0.4 is 11.1 Å². The van der Waals surface area contributed by atoms with Gasteiger partial charge in [-0.05, 0) is 35.6 Å². The van der Waals surface area contributed by atoms with Gasteiger partial charge in [0.1, 0.15) is 19.2 Å². The molecule has 0 spiro atoms. The van der Waals surface area contributed by atoms with Crippen LogP contribution in [0.5, 0.6) is 0 Å². The fourth-order valence-corrected chi connectivity index (χ4v) is 4.75. The standard InChI is InChI=1S/C35H37N3O4/c1-26(30-20-12-5-13-21-30)38(34(40)31(36)22-27-14-6-2-7-15-27)24-33(39)37-32(23-28-16-8-3-9-17-28)35(41)42-25-29-18-10-4-11-19-29/h2-21,26,31-32H,22-25,36H2,1H3,(H,37,39)/t26-,31-,32-/m0/s1. The third kappa shape index (κ3) is 8.88. The third-order valence-corrected chi connectivity index (χ3v) is 7.09. The molecule has 216 valence electrons. The summed E-state index contributed by atoms with van der Waals surface area (Å²) in [7, 11) is 0. The first-order valence-electron chi connectivity index (χ1n) is 14.1. The maximum absolute atomic E-state index is 13.7. The second kappa shape index (κ2) is 15.3. The van der Waals surface area contributed by atoms with Gasteiger partial charge in [-0.1, -0.05) is 121 Å². The zero-order valence-electron chi connectivity index (χ0n) is 23.8. The molecule has 7 nitrogen and oxygen atoms in total. The van der Waals surface area contributed by atoms with Gasteiger partial charge in [-0.25, -0.2) is 4.79 Å². The predicted octanol–water partition coefficient (Wildman–Crippen LogP) is 4.62. The number of nitrogens with two attached hydrogens (primary N) is 1. The normalized spacial score (nSPS) is 12.9. The molecule has 0 heterocycles. The number of hydrogen-bond acceptors (Lipinski definition) is 5. The molecule has 3 atom stereocenters. The van der Waals surface area contributed by atoms with E-state index in [1.165, 1.54) is 4.90 Å². The van der Waals surface area contributed by atoms with Gasteiger partial charge in [0.15, 0.2) is 0 Å². The van der Waals surface area contributed by atoms with Gasteiger partial charge in [0.25, 0.3) is 0 Å². The lowest BCUT2D eigenvalue weighted by atomic mass is 10.0. The molecule has 3 N–H and O–H groups in total. The van der Waals surface area contributed by atoms with Crippen LogP contribution in [0.4, 0.5) is 0 Å². The fourth-order valence-electron chi connectivity index (χ4n) is 4.75. The highest BCUT2D eigenvalue weighted by Gasteiger charge is 2.30. The number of carbonyl (C=O) groups is 3. The lowest BCUT2D eigenvalue weighted by Crippen LogP contribution is -2.52. The first-order chi connectivity index (χ1) is 20.4. The minimum absolute atomic E-state index is 0.0881. The van der Waals surface area contributed by atoms with Gasteiger partial charge < -0.3 is 20.7 Å². The smallest absolute Gasteiger partial charge is 0.329 e. The number of rotatable bonds is 13. The van der Waals surface area contributed by atoms with Crippen LogP contribution in [-0.4, -0.2) is 41.3 Å². The summed E-state index contributed by atoms with van der Waals surface area (Å²) in [4.78, 5) is 41.9. The summed E-state index contributed by atoms with van der Waals surface area (Å²) in [6, 6.07) is 35.6. The lowest BCUT2D eigenvalue weighted by molar-refractivity contribution is -0.149. The van der Waals surface area contributed by atoms with E-state index in [1.807, 2.05) is 128 Å². The Morgan fingerprint density at radius 2 is 1.19 bits per heavy atom. The molecule has 0 aliphatic rings. The average molecular weight is 564 g/mol. The Morgan fingerprint density at radius 3 is 1.74 bits per heavy atom. The molecule has 0 saturated heterocycles. The molecular weight excluding hydrogens is 526 g/mol. The van der Waals surface area contributed by atoms with Crippen molar-refractivity contribution in [3.8, 4) is 0 Å². The number of benzene rings is 4. The summed E-state index contributed by atoms with van der Waals surface area (Å²) in [6.07, 6.45) is 0.581. The van der Waals surface area contributed by atoms with Crippen molar-refractivity contribution in [2.75, 3.05) is 6.54 Å². The van der Waals surface area contributed by atoms with Crippen molar-refractivity contribution >= 4 is 17.8 Å². The van der Waals surface area contributed by atoms with Crippen LogP contribution in [0.25, 0.3) is 0 Å². The van der Waals surface area contributed by atoms with Crippen molar-refractivity contribution in [3.63, 3.8) is 0 Å². The van der Waals surface area contributed by atoms with Crippen molar-refractivity contribution in [1.29, 1.82) is 0 Å². The first-order valence-corrected chi connectivity index (χ1v) is 14.1. The van der Waals surface area contributed by atoms with Crippen LogP contribution in [0.3, 0.4) is 0 Å². The molecule has 0 unspecified atom stereocenters. The molecule has 0 radical (unpaired) electrons. The Morgan fingerprint density at radius 1 is 0.714 bits per heavy atom. The zero-order valence-corrected chi connectivity index (χ0v) is 23.8. The highest BCUT2D eigenvalue weighted by atomic mass is 16.5.